The van der Waals surface area contributed by atoms with Gasteiger partial charge in [-0.25, -0.2) is 0 Å². The third-order valence-electron chi connectivity index (χ3n) is 4.33. The average molecular weight is 393 g/mol. The monoisotopic (exact) mass is 392 g/mol. The number of rotatable bonds is 6. The maximum Gasteiger partial charge on any atom is 0.252 e. The normalized spacial score (nSPS) is 16.1. The number of ether oxygens (including phenoxy) is 1. The average Bonchev–Trinajstić information content (AvgIpc) is 3.29. The van der Waals surface area contributed by atoms with Crippen LogP contribution in [0.2, 0.25) is 0 Å². The molecule has 5 nitrogen and oxygen atoms in total. The molecule has 2 aromatic rings. The zero-order valence-electron chi connectivity index (χ0n) is 13.6. The van der Waals surface area contributed by atoms with Gasteiger partial charge >= 0.3 is 0 Å². The Kier molecular flexibility index (Phi) is 5.58. The van der Waals surface area contributed by atoms with Crippen LogP contribution >= 0.6 is 15.9 Å². The molecule has 0 spiro atoms. The number of amides is 1. The summed E-state index contributed by atoms with van der Waals surface area (Å²) in [4.78, 5) is 14.9. The Morgan fingerprint density at radius 2 is 2.17 bits per heavy atom. The summed E-state index contributed by atoms with van der Waals surface area (Å²) < 4.78 is 11.5. The Balaban J connectivity index is 1.71. The lowest BCUT2D eigenvalue weighted by Gasteiger charge is -2.26. The van der Waals surface area contributed by atoms with Crippen molar-refractivity contribution in [2.24, 2.45) is 0 Å². The second-order valence-corrected chi connectivity index (χ2v) is 6.68. The highest BCUT2D eigenvalue weighted by atomic mass is 79.9. The fourth-order valence-corrected chi connectivity index (χ4v) is 3.46. The van der Waals surface area contributed by atoms with E-state index in [1.807, 2.05) is 24.3 Å². The van der Waals surface area contributed by atoms with Gasteiger partial charge in [-0.15, -0.1) is 0 Å². The van der Waals surface area contributed by atoms with Crippen molar-refractivity contribution in [2.45, 2.75) is 18.9 Å². The van der Waals surface area contributed by atoms with Crippen LogP contribution < -0.4 is 10.1 Å². The van der Waals surface area contributed by atoms with E-state index < -0.39 is 0 Å². The molecule has 0 radical (unpaired) electrons. The topological polar surface area (TPSA) is 54.7 Å². The summed E-state index contributed by atoms with van der Waals surface area (Å²) >= 11 is 3.43. The number of benzene rings is 1. The Morgan fingerprint density at radius 3 is 2.83 bits per heavy atom. The van der Waals surface area contributed by atoms with Crippen molar-refractivity contribution in [3.8, 4) is 5.75 Å². The zero-order chi connectivity index (χ0) is 16.9. The van der Waals surface area contributed by atoms with Gasteiger partial charge in [0.25, 0.3) is 5.91 Å². The van der Waals surface area contributed by atoms with E-state index in [1.165, 1.54) is 12.8 Å². The van der Waals surface area contributed by atoms with Crippen LogP contribution in [-0.4, -0.2) is 37.6 Å². The van der Waals surface area contributed by atoms with Crippen molar-refractivity contribution < 1.29 is 13.9 Å². The first-order chi connectivity index (χ1) is 11.7. The maximum absolute atomic E-state index is 12.6. The van der Waals surface area contributed by atoms with Gasteiger partial charge in [0.15, 0.2) is 0 Å². The van der Waals surface area contributed by atoms with Gasteiger partial charge < -0.3 is 14.5 Å². The lowest BCUT2D eigenvalue weighted by atomic mass is 10.1. The molecule has 1 aromatic heterocycles. The molecule has 0 saturated carbocycles. The summed E-state index contributed by atoms with van der Waals surface area (Å²) in [6, 6.07) is 9.29. The third kappa shape index (κ3) is 3.82. The van der Waals surface area contributed by atoms with Crippen LogP contribution in [0.15, 0.2) is 45.5 Å². The maximum atomic E-state index is 12.6. The molecule has 1 aliphatic heterocycles. The SMILES string of the molecule is COc1ccc(Br)c(C(=O)NCC(c2ccco2)N2CCCC2)c1. The van der Waals surface area contributed by atoms with E-state index in [1.54, 1.807) is 19.4 Å². The summed E-state index contributed by atoms with van der Waals surface area (Å²) in [5.41, 5.74) is 0.564. The second-order valence-electron chi connectivity index (χ2n) is 5.83. The Labute approximate surface area is 150 Å². The molecular weight excluding hydrogens is 372 g/mol. The van der Waals surface area contributed by atoms with Crippen molar-refractivity contribution >= 4 is 21.8 Å². The minimum atomic E-state index is -0.128. The fraction of sp³-hybridized carbons (Fsp3) is 0.389. The number of nitrogens with zero attached hydrogens (tertiary/aromatic N) is 1. The molecule has 24 heavy (non-hydrogen) atoms. The number of carbonyl (C=O) groups is 1. The summed E-state index contributed by atoms with van der Waals surface area (Å²) in [6.45, 7) is 2.57. The number of nitrogens with one attached hydrogen (secondary N) is 1. The third-order valence-corrected chi connectivity index (χ3v) is 5.02. The highest BCUT2D eigenvalue weighted by Crippen LogP contribution is 2.26. The van der Waals surface area contributed by atoms with E-state index in [4.69, 9.17) is 9.15 Å². The largest absolute Gasteiger partial charge is 0.497 e. The van der Waals surface area contributed by atoms with E-state index >= 15 is 0 Å². The van der Waals surface area contributed by atoms with Crippen LogP contribution in [0.4, 0.5) is 0 Å². The molecule has 2 heterocycles. The smallest absolute Gasteiger partial charge is 0.252 e. The van der Waals surface area contributed by atoms with Gasteiger partial charge in [0.1, 0.15) is 11.5 Å². The van der Waals surface area contributed by atoms with Gasteiger partial charge in [-0.3, -0.25) is 9.69 Å². The van der Waals surface area contributed by atoms with E-state index in [9.17, 15) is 4.79 Å². The summed E-state index contributed by atoms with van der Waals surface area (Å²) in [6.07, 6.45) is 4.05. The predicted molar refractivity (Wildman–Crippen MR) is 95.3 cm³/mol. The Morgan fingerprint density at radius 1 is 1.38 bits per heavy atom. The molecule has 1 aromatic carbocycles. The molecule has 3 rings (SSSR count). The minimum absolute atomic E-state index is 0.0656. The van der Waals surface area contributed by atoms with Crippen LogP contribution in [0, 0.1) is 0 Å². The van der Waals surface area contributed by atoms with E-state index in [0.717, 1.165) is 23.3 Å². The Hall–Kier alpha value is -1.79. The molecule has 0 aliphatic carbocycles. The van der Waals surface area contributed by atoms with Crippen molar-refractivity contribution in [2.75, 3.05) is 26.7 Å². The van der Waals surface area contributed by atoms with Gasteiger partial charge in [-0.1, -0.05) is 0 Å². The number of carbonyl (C=O) groups excluding carboxylic acids is 1. The molecule has 1 fully saturated rings. The number of furan rings is 1. The summed E-state index contributed by atoms with van der Waals surface area (Å²) in [5.74, 6) is 1.42. The van der Waals surface area contributed by atoms with Crippen LogP contribution in [0.25, 0.3) is 0 Å². The lowest BCUT2D eigenvalue weighted by molar-refractivity contribution is 0.0932. The number of hydrogen-bond donors (Lipinski definition) is 1. The molecule has 128 valence electrons. The first-order valence-electron chi connectivity index (χ1n) is 8.08. The van der Waals surface area contributed by atoms with Crippen molar-refractivity contribution in [3.63, 3.8) is 0 Å². The molecule has 1 saturated heterocycles. The first kappa shape index (κ1) is 17.0. The van der Waals surface area contributed by atoms with Crippen LogP contribution in [0.5, 0.6) is 5.75 Å². The molecule has 1 N–H and O–H groups in total. The summed E-state index contributed by atoms with van der Waals surface area (Å²) in [5, 5.41) is 3.03. The van der Waals surface area contributed by atoms with E-state index in [0.29, 0.717) is 17.9 Å². The standard InChI is InChI=1S/C18H21BrN2O3/c1-23-13-6-7-15(19)14(11-13)18(22)20-12-16(17-5-4-10-24-17)21-8-2-3-9-21/h4-7,10-11,16H,2-3,8-9,12H2,1H3,(H,20,22). The number of likely N-dealkylation sites (tertiary alicyclic amines) is 1. The molecule has 1 atom stereocenters. The Bertz CT molecular complexity index is 682. The summed E-state index contributed by atoms with van der Waals surface area (Å²) in [7, 11) is 1.59. The fourth-order valence-electron chi connectivity index (χ4n) is 3.03. The molecular formula is C18H21BrN2O3. The molecule has 0 bridgehead atoms. The molecule has 1 unspecified atom stereocenters. The predicted octanol–water partition coefficient (Wildman–Crippen LogP) is 3.62. The lowest BCUT2D eigenvalue weighted by Crippen LogP contribution is -2.36. The van der Waals surface area contributed by atoms with Gasteiger partial charge in [-0.05, 0) is 72.2 Å². The molecule has 1 aliphatic rings. The van der Waals surface area contributed by atoms with Crippen molar-refractivity contribution in [1.29, 1.82) is 0 Å². The van der Waals surface area contributed by atoms with Crippen LogP contribution in [-0.2, 0) is 0 Å². The van der Waals surface area contributed by atoms with Gasteiger partial charge in [0.2, 0.25) is 0 Å². The van der Waals surface area contributed by atoms with E-state index in [2.05, 4.69) is 26.1 Å². The van der Waals surface area contributed by atoms with Gasteiger partial charge in [-0.2, -0.15) is 0 Å². The van der Waals surface area contributed by atoms with Crippen LogP contribution in [0.3, 0.4) is 0 Å². The number of methoxy groups -OCH3 is 1. The van der Waals surface area contributed by atoms with Gasteiger partial charge in [0, 0.05) is 11.0 Å². The molecule has 1 amide bonds. The van der Waals surface area contributed by atoms with Crippen LogP contribution in [0.1, 0.15) is 35.0 Å². The number of halogens is 1. The molecule has 6 heteroatoms. The minimum Gasteiger partial charge on any atom is -0.497 e. The van der Waals surface area contributed by atoms with E-state index in [-0.39, 0.29) is 11.9 Å². The highest BCUT2D eigenvalue weighted by Gasteiger charge is 2.26. The zero-order valence-corrected chi connectivity index (χ0v) is 15.2. The number of hydrogen-bond acceptors (Lipinski definition) is 4. The quantitative estimate of drug-likeness (QED) is 0.815. The second kappa shape index (κ2) is 7.85. The highest BCUT2D eigenvalue weighted by molar-refractivity contribution is 9.10. The van der Waals surface area contributed by atoms with Gasteiger partial charge in [0.05, 0.1) is 25.0 Å². The van der Waals surface area contributed by atoms with Crippen molar-refractivity contribution in [1.82, 2.24) is 10.2 Å². The first-order valence-corrected chi connectivity index (χ1v) is 8.87. The van der Waals surface area contributed by atoms with Crippen molar-refractivity contribution in [3.05, 3.63) is 52.4 Å².